The van der Waals surface area contributed by atoms with Gasteiger partial charge in [0.05, 0.1) is 0 Å². The van der Waals surface area contributed by atoms with Crippen molar-refractivity contribution >= 4 is 0 Å². The molecule has 0 unspecified atom stereocenters. The maximum absolute atomic E-state index is 2.34. The third-order valence-electron chi connectivity index (χ3n) is 2.54. The van der Waals surface area contributed by atoms with E-state index >= 15 is 0 Å². The zero-order valence-corrected chi connectivity index (χ0v) is 10.7. The van der Waals surface area contributed by atoms with Crippen LogP contribution in [0.5, 0.6) is 0 Å². The maximum Gasteiger partial charge on any atom is -0.0169 e. The summed E-state index contributed by atoms with van der Waals surface area (Å²) >= 11 is 0. The van der Waals surface area contributed by atoms with E-state index in [-0.39, 0.29) is 0 Å². The average molecular weight is 208 g/mol. The van der Waals surface area contributed by atoms with Gasteiger partial charge in [0.25, 0.3) is 0 Å². The highest BCUT2D eigenvalue weighted by Gasteiger charge is 1.85. The summed E-state index contributed by atoms with van der Waals surface area (Å²) in [6.45, 7) is 4.49. The number of allylic oxidation sites excluding steroid dienone is 4. The van der Waals surface area contributed by atoms with E-state index in [2.05, 4.69) is 38.2 Å². The Bertz CT molecular complexity index is 153. The topological polar surface area (TPSA) is 0 Å². The van der Waals surface area contributed by atoms with Gasteiger partial charge in [0.15, 0.2) is 0 Å². The molecule has 0 saturated heterocycles. The van der Waals surface area contributed by atoms with E-state index in [0.29, 0.717) is 0 Å². The number of hydrogen-bond donors (Lipinski definition) is 0. The summed E-state index contributed by atoms with van der Waals surface area (Å²) in [6, 6.07) is 0. The van der Waals surface area contributed by atoms with Gasteiger partial charge in [0.1, 0.15) is 0 Å². The molecule has 0 radical (unpaired) electrons. The van der Waals surface area contributed by atoms with Crippen LogP contribution in [0.3, 0.4) is 0 Å². The smallest absolute Gasteiger partial charge is 0.0169 e. The van der Waals surface area contributed by atoms with Crippen molar-refractivity contribution in [2.75, 3.05) is 0 Å². The van der Waals surface area contributed by atoms with Gasteiger partial charge in [0, 0.05) is 0 Å². The second-order valence-corrected chi connectivity index (χ2v) is 4.17. The van der Waals surface area contributed by atoms with Gasteiger partial charge < -0.3 is 0 Å². The average Bonchev–Trinajstić information content (AvgIpc) is 2.26. The Hall–Kier alpha value is -0.520. The van der Waals surface area contributed by atoms with Crippen LogP contribution in [0.1, 0.15) is 71.6 Å². The third kappa shape index (κ3) is 13.5. The van der Waals surface area contributed by atoms with Gasteiger partial charge in [-0.15, -0.1) is 0 Å². The molecule has 0 rings (SSSR count). The first-order valence-electron chi connectivity index (χ1n) is 6.71. The van der Waals surface area contributed by atoms with Gasteiger partial charge in [-0.05, 0) is 25.7 Å². The molecule has 88 valence electrons. The molecule has 0 fully saturated rings. The van der Waals surface area contributed by atoms with Crippen LogP contribution in [0.15, 0.2) is 24.3 Å². The van der Waals surface area contributed by atoms with Gasteiger partial charge in [0.2, 0.25) is 0 Å². The lowest BCUT2D eigenvalue weighted by Gasteiger charge is -1.95. The molecule has 0 saturated carbocycles. The molecule has 0 amide bonds. The Labute approximate surface area is 96.5 Å². The largest absolute Gasteiger partial charge is 0.0882 e. The zero-order valence-electron chi connectivity index (χ0n) is 10.7. The van der Waals surface area contributed by atoms with Crippen molar-refractivity contribution in [3.05, 3.63) is 24.3 Å². The predicted octanol–water partition coefficient (Wildman–Crippen LogP) is 5.65. The fourth-order valence-electron chi connectivity index (χ4n) is 1.54. The van der Waals surface area contributed by atoms with Crippen LogP contribution >= 0.6 is 0 Å². The molecule has 0 bridgehead atoms. The second-order valence-electron chi connectivity index (χ2n) is 4.17. The van der Waals surface area contributed by atoms with Gasteiger partial charge in [-0.1, -0.05) is 70.3 Å². The van der Waals surface area contributed by atoms with Gasteiger partial charge in [-0.3, -0.25) is 0 Å². The van der Waals surface area contributed by atoms with Crippen LogP contribution in [0.4, 0.5) is 0 Å². The molecule has 0 aliphatic rings. The molecule has 0 nitrogen and oxygen atoms in total. The molecule has 0 atom stereocenters. The molecule has 0 aromatic heterocycles. The van der Waals surface area contributed by atoms with E-state index in [1.54, 1.807) is 0 Å². The van der Waals surface area contributed by atoms with E-state index < -0.39 is 0 Å². The van der Waals surface area contributed by atoms with E-state index in [1.165, 1.54) is 51.4 Å². The van der Waals surface area contributed by atoms with Crippen molar-refractivity contribution in [2.45, 2.75) is 71.6 Å². The van der Waals surface area contributed by atoms with Crippen LogP contribution in [0, 0.1) is 0 Å². The molecule has 0 aliphatic heterocycles. The molecular weight excluding hydrogens is 180 g/mol. The lowest BCUT2D eigenvalue weighted by atomic mass is 10.1. The predicted molar refractivity (Wildman–Crippen MR) is 71.2 cm³/mol. The second kappa shape index (κ2) is 13.5. The Morgan fingerprint density at radius 2 is 1.27 bits per heavy atom. The molecule has 0 heterocycles. The SMILES string of the molecule is CCC/C=C\C/C=C/CCCCCCC. The number of rotatable bonds is 10. The summed E-state index contributed by atoms with van der Waals surface area (Å²) < 4.78 is 0. The quantitative estimate of drug-likeness (QED) is 0.321. The van der Waals surface area contributed by atoms with Crippen molar-refractivity contribution in [3.8, 4) is 0 Å². The van der Waals surface area contributed by atoms with E-state index in [4.69, 9.17) is 0 Å². The Kier molecular flexibility index (Phi) is 13.0. The van der Waals surface area contributed by atoms with Gasteiger partial charge >= 0.3 is 0 Å². The summed E-state index contributed by atoms with van der Waals surface area (Å²) in [4.78, 5) is 0. The Morgan fingerprint density at radius 3 is 1.93 bits per heavy atom. The van der Waals surface area contributed by atoms with Crippen molar-refractivity contribution in [2.24, 2.45) is 0 Å². The Balaban J connectivity index is 3.10. The summed E-state index contributed by atoms with van der Waals surface area (Å²) in [5.41, 5.74) is 0. The van der Waals surface area contributed by atoms with Crippen molar-refractivity contribution in [1.82, 2.24) is 0 Å². The van der Waals surface area contributed by atoms with Crippen molar-refractivity contribution < 1.29 is 0 Å². The third-order valence-corrected chi connectivity index (χ3v) is 2.54. The highest BCUT2D eigenvalue weighted by molar-refractivity contribution is 4.92. The standard InChI is InChI=1S/C15H28/c1-3-5-7-9-11-13-15-14-12-10-8-6-4-2/h7,9,13,15H,3-6,8,10-12,14H2,1-2H3/b9-7-,15-13+. The van der Waals surface area contributed by atoms with E-state index in [1.807, 2.05) is 0 Å². The minimum Gasteiger partial charge on any atom is -0.0882 e. The van der Waals surface area contributed by atoms with Crippen LogP contribution in [-0.4, -0.2) is 0 Å². The fraction of sp³-hybridized carbons (Fsp3) is 0.733. The van der Waals surface area contributed by atoms with E-state index in [0.717, 1.165) is 6.42 Å². The fourth-order valence-corrected chi connectivity index (χ4v) is 1.54. The minimum absolute atomic E-state index is 1.12. The molecule has 0 aliphatic carbocycles. The first kappa shape index (κ1) is 14.5. The molecule has 0 aromatic rings. The summed E-state index contributed by atoms with van der Waals surface area (Å²) in [6.07, 6.45) is 21.0. The first-order chi connectivity index (χ1) is 7.41. The summed E-state index contributed by atoms with van der Waals surface area (Å²) in [5.74, 6) is 0. The van der Waals surface area contributed by atoms with Gasteiger partial charge in [-0.25, -0.2) is 0 Å². The van der Waals surface area contributed by atoms with Crippen LogP contribution in [0.2, 0.25) is 0 Å². The lowest BCUT2D eigenvalue weighted by molar-refractivity contribution is 0.637. The Morgan fingerprint density at radius 1 is 0.600 bits per heavy atom. The summed E-state index contributed by atoms with van der Waals surface area (Å²) in [5, 5.41) is 0. The molecule has 0 heteroatoms. The summed E-state index contributed by atoms with van der Waals surface area (Å²) in [7, 11) is 0. The zero-order chi connectivity index (χ0) is 11.2. The van der Waals surface area contributed by atoms with Crippen molar-refractivity contribution in [3.63, 3.8) is 0 Å². The normalized spacial score (nSPS) is 11.9. The van der Waals surface area contributed by atoms with Crippen LogP contribution in [0.25, 0.3) is 0 Å². The maximum atomic E-state index is 2.34. The molecule has 15 heavy (non-hydrogen) atoms. The molecular formula is C15H28. The van der Waals surface area contributed by atoms with E-state index in [9.17, 15) is 0 Å². The number of unbranched alkanes of at least 4 members (excludes halogenated alkanes) is 6. The first-order valence-corrected chi connectivity index (χ1v) is 6.71. The monoisotopic (exact) mass is 208 g/mol. The number of hydrogen-bond acceptors (Lipinski definition) is 0. The van der Waals surface area contributed by atoms with Crippen LogP contribution < -0.4 is 0 Å². The lowest BCUT2D eigenvalue weighted by Crippen LogP contribution is -1.75. The molecule has 0 spiro atoms. The van der Waals surface area contributed by atoms with Gasteiger partial charge in [-0.2, -0.15) is 0 Å². The highest BCUT2D eigenvalue weighted by atomic mass is 13.9. The molecule has 0 N–H and O–H groups in total. The molecule has 0 aromatic carbocycles. The van der Waals surface area contributed by atoms with Crippen molar-refractivity contribution in [1.29, 1.82) is 0 Å². The highest BCUT2D eigenvalue weighted by Crippen LogP contribution is 2.05. The van der Waals surface area contributed by atoms with Crippen LogP contribution in [-0.2, 0) is 0 Å². The minimum atomic E-state index is 1.12.